The number of hydrogen-bond acceptors (Lipinski definition) is 1. The molecule has 3 heteroatoms. The first kappa shape index (κ1) is 12.3. The quantitative estimate of drug-likeness (QED) is 0.865. The third kappa shape index (κ3) is 2.65. The van der Waals surface area contributed by atoms with Gasteiger partial charge in [0.15, 0.2) is 0 Å². The van der Waals surface area contributed by atoms with E-state index in [0.717, 1.165) is 17.6 Å². The molecule has 100 valence electrons. The number of amides is 1. The summed E-state index contributed by atoms with van der Waals surface area (Å²) in [5.41, 5.74) is 3.00. The monoisotopic (exact) mass is 256 g/mol. The number of fused-ring (bicyclic) bond motifs is 1. The minimum absolute atomic E-state index is 0.0366. The number of benzene rings is 1. The molecule has 0 saturated heterocycles. The van der Waals surface area contributed by atoms with Gasteiger partial charge in [-0.1, -0.05) is 19.9 Å². The smallest absolute Gasteiger partial charge is 0.251 e. The van der Waals surface area contributed by atoms with Gasteiger partial charge in [-0.05, 0) is 48.3 Å². The molecule has 19 heavy (non-hydrogen) atoms. The number of hydrogen-bond donors (Lipinski definition) is 2. The van der Waals surface area contributed by atoms with Crippen LogP contribution in [0.25, 0.3) is 10.9 Å². The van der Waals surface area contributed by atoms with Crippen LogP contribution in [0.1, 0.15) is 48.7 Å². The molecule has 1 saturated carbocycles. The van der Waals surface area contributed by atoms with Crippen LogP contribution in [0.5, 0.6) is 0 Å². The second-order valence-electron chi connectivity index (χ2n) is 5.83. The summed E-state index contributed by atoms with van der Waals surface area (Å²) in [6.07, 6.45) is 2.52. The van der Waals surface area contributed by atoms with Crippen molar-refractivity contribution in [3.63, 3.8) is 0 Å². The fourth-order valence-electron chi connectivity index (χ4n) is 2.26. The first-order chi connectivity index (χ1) is 9.13. The van der Waals surface area contributed by atoms with Crippen molar-refractivity contribution in [3.8, 4) is 0 Å². The van der Waals surface area contributed by atoms with Crippen molar-refractivity contribution in [1.29, 1.82) is 0 Å². The fraction of sp³-hybridized carbons (Fsp3) is 0.438. The Kier molecular flexibility index (Phi) is 3.05. The molecule has 0 bridgehead atoms. The average molecular weight is 256 g/mol. The van der Waals surface area contributed by atoms with Crippen LogP contribution in [0, 0.1) is 5.92 Å². The van der Waals surface area contributed by atoms with Crippen molar-refractivity contribution in [2.24, 2.45) is 5.92 Å². The zero-order chi connectivity index (χ0) is 13.4. The van der Waals surface area contributed by atoms with E-state index in [-0.39, 0.29) is 5.91 Å². The molecule has 0 unspecified atom stereocenters. The molecule has 3 rings (SSSR count). The van der Waals surface area contributed by atoms with E-state index in [1.165, 1.54) is 23.9 Å². The predicted octanol–water partition coefficient (Wildman–Crippen LogP) is 3.43. The minimum atomic E-state index is 0.0366. The molecule has 1 aliphatic rings. The van der Waals surface area contributed by atoms with E-state index in [0.29, 0.717) is 11.8 Å². The van der Waals surface area contributed by atoms with Gasteiger partial charge in [0.05, 0.1) is 0 Å². The molecule has 2 aromatic rings. The van der Waals surface area contributed by atoms with Gasteiger partial charge in [-0.2, -0.15) is 0 Å². The van der Waals surface area contributed by atoms with E-state index in [4.69, 9.17) is 0 Å². The summed E-state index contributed by atoms with van der Waals surface area (Å²) in [7, 11) is 0. The topological polar surface area (TPSA) is 44.9 Å². The summed E-state index contributed by atoms with van der Waals surface area (Å²) in [5, 5.41) is 4.17. The highest BCUT2D eigenvalue weighted by Gasteiger charge is 2.21. The van der Waals surface area contributed by atoms with Gasteiger partial charge in [0.2, 0.25) is 0 Å². The fourth-order valence-corrected chi connectivity index (χ4v) is 2.26. The van der Waals surface area contributed by atoms with Gasteiger partial charge in [-0.15, -0.1) is 0 Å². The number of carbonyl (C=O) groups is 1. The summed E-state index contributed by atoms with van der Waals surface area (Å²) in [6, 6.07) is 8.03. The van der Waals surface area contributed by atoms with Crippen LogP contribution in [-0.4, -0.2) is 17.4 Å². The lowest BCUT2D eigenvalue weighted by atomic mass is 10.1. The Labute approximate surface area is 113 Å². The van der Waals surface area contributed by atoms with Crippen LogP contribution < -0.4 is 5.32 Å². The van der Waals surface area contributed by atoms with E-state index in [1.807, 2.05) is 18.2 Å². The summed E-state index contributed by atoms with van der Waals surface area (Å²) >= 11 is 0. The molecule has 0 spiro atoms. The Morgan fingerprint density at radius 3 is 2.84 bits per heavy atom. The lowest BCUT2D eigenvalue weighted by Crippen LogP contribution is -2.25. The second-order valence-corrected chi connectivity index (χ2v) is 5.83. The van der Waals surface area contributed by atoms with Gasteiger partial charge in [0, 0.05) is 23.3 Å². The zero-order valence-electron chi connectivity index (χ0n) is 11.5. The largest absolute Gasteiger partial charge is 0.358 e. The number of rotatable bonds is 4. The first-order valence-corrected chi connectivity index (χ1v) is 7.04. The molecule has 0 aliphatic heterocycles. The number of nitrogens with one attached hydrogen (secondary N) is 2. The van der Waals surface area contributed by atoms with Gasteiger partial charge in [-0.3, -0.25) is 4.79 Å². The van der Waals surface area contributed by atoms with Gasteiger partial charge in [-0.25, -0.2) is 0 Å². The van der Waals surface area contributed by atoms with Gasteiger partial charge < -0.3 is 10.3 Å². The number of carbonyl (C=O) groups excluding carboxylic acids is 1. The Hall–Kier alpha value is -1.77. The number of H-pyrrole nitrogens is 1. The summed E-state index contributed by atoms with van der Waals surface area (Å²) < 4.78 is 0. The van der Waals surface area contributed by atoms with Gasteiger partial charge in [0.1, 0.15) is 0 Å². The molecule has 3 nitrogen and oxygen atoms in total. The molecule has 1 amide bonds. The molecule has 1 aliphatic carbocycles. The maximum absolute atomic E-state index is 12.0. The Morgan fingerprint density at radius 2 is 2.16 bits per heavy atom. The standard InChI is InChI=1S/C16H20N2O/c1-10(2)14-7-12-5-6-13(8-15(12)18-14)16(19)17-9-11-3-4-11/h5-8,10-11,18H,3-4,9H2,1-2H3,(H,17,19). The van der Waals surface area contributed by atoms with Gasteiger partial charge >= 0.3 is 0 Å². The molecule has 2 N–H and O–H groups in total. The van der Waals surface area contributed by atoms with Crippen molar-refractivity contribution < 1.29 is 4.79 Å². The average Bonchev–Trinajstić information content (AvgIpc) is 3.12. The summed E-state index contributed by atoms with van der Waals surface area (Å²) in [5.74, 6) is 1.22. The summed E-state index contributed by atoms with van der Waals surface area (Å²) in [6.45, 7) is 5.14. The van der Waals surface area contributed by atoms with Crippen LogP contribution in [-0.2, 0) is 0 Å². The Bertz CT molecular complexity index is 608. The second kappa shape index (κ2) is 4.72. The maximum atomic E-state index is 12.0. The first-order valence-electron chi connectivity index (χ1n) is 7.04. The van der Waals surface area contributed by atoms with Crippen molar-refractivity contribution in [1.82, 2.24) is 10.3 Å². The molecular formula is C16H20N2O. The molecule has 0 radical (unpaired) electrons. The number of aromatic amines is 1. The normalized spacial score (nSPS) is 15.1. The van der Waals surface area contributed by atoms with Gasteiger partial charge in [0.25, 0.3) is 5.91 Å². The molecule has 1 aromatic heterocycles. The van der Waals surface area contributed by atoms with E-state index in [1.54, 1.807) is 0 Å². The van der Waals surface area contributed by atoms with Crippen molar-refractivity contribution in [2.75, 3.05) is 6.54 Å². The molecule has 1 aromatic carbocycles. The van der Waals surface area contributed by atoms with Crippen molar-refractivity contribution >= 4 is 16.8 Å². The SMILES string of the molecule is CC(C)c1cc2ccc(C(=O)NCC3CC3)cc2[nH]1. The molecular weight excluding hydrogens is 236 g/mol. The molecule has 0 atom stereocenters. The highest BCUT2D eigenvalue weighted by atomic mass is 16.1. The highest BCUT2D eigenvalue weighted by molar-refractivity contribution is 5.98. The molecule has 1 heterocycles. The Balaban J connectivity index is 1.81. The highest BCUT2D eigenvalue weighted by Crippen LogP contribution is 2.27. The Morgan fingerprint density at radius 1 is 1.37 bits per heavy atom. The maximum Gasteiger partial charge on any atom is 0.251 e. The van der Waals surface area contributed by atoms with Crippen LogP contribution in [0.3, 0.4) is 0 Å². The van der Waals surface area contributed by atoms with Crippen LogP contribution >= 0.6 is 0 Å². The van der Waals surface area contributed by atoms with Crippen LogP contribution in [0.4, 0.5) is 0 Å². The summed E-state index contributed by atoms with van der Waals surface area (Å²) in [4.78, 5) is 15.4. The van der Waals surface area contributed by atoms with Crippen molar-refractivity contribution in [2.45, 2.75) is 32.6 Å². The lowest BCUT2D eigenvalue weighted by molar-refractivity contribution is 0.0952. The van der Waals surface area contributed by atoms with Crippen molar-refractivity contribution in [3.05, 3.63) is 35.5 Å². The van der Waals surface area contributed by atoms with E-state index >= 15 is 0 Å². The van der Waals surface area contributed by atoms with Crippen LogP contribution in [0.2, 0.25) is 0 Å². The minimum Gasteiger partial charge on any atom is -0.358 e. The van der Waals surface area contributed by atoms with E-state index in [2.05, 4.69) is 30.2 Å². The third-order valence-corrected chi connectivity index (χ3v) is 3.78. The predicted molar refractivity (Wildman–Crippen MR) is 77.4 cm³/mol. The molecule has 1 fully saturated rings. The van der Waals surface area contributed by atoms with E-state index in [9.17, 15) is 4.79 Å². The lowest BCUT2D eigenvalue weighted by Gasteiger charge is -2.04. The third-order valence-electron chi connectivity index (χ3n) is 3.78. The van der Waals surface area contributed by atoms with E-state index < -0.39 is 0 Å². The van der Waals surface area contributed by atoms with Crippen LogP contribution in [0.15, 0.2) is 24.3 Å². The number of aromatic nitrogens is 1. The zero-order valence-corrected chi connectivity index (χ0v) is 11.5.